The maximum Gasteiger partial charge on any atom is 0.0476 e. The molecule has 2 aromatic heterocycles. The molecular weight excluding hydrogens is 981 g/mol. The van der Waals surface area contributed by atoms with Crippen LogP contribution >= 0.6 is 22.7 Å². The molecule has 2 aliphatic rings. The predicted octanol–water partition coefficient (Wildman–Crippen LogP) is 21.2. The third-order valence-electron chi connectivity index (χ3n) is 17.4. The van der Waals surface area contributed by atoms with Crippen molar-refractivity contribution in [2.75, 3.05) is 9.80 Å². The summed E-state index contributed by atoms with van der Waals surface area (Å²) in [6, 6.07) is 99.5. The smallest absolute Gasteiger partial charge is 0.0476 e. The summed E-state index contributed by atoms with van der Waals surface area (Å²) in [5.74, 6) is 0. The fraction of sp³-hybridized carbons (Fsp3) is 0.0541. The summed E-state index contributed by atoms with van der Waals surface area (Å²) in [6.45, 7) is 4.78. The van der Waals surface area contributed by atoms with E-state index in [1.165, 1.54) is 107 Å². The van der Waals surface area contributed by atoms with Crippen molar-refractivity contribution in [2.45, 2.75) is 24.7 Å². The zero-order valence-corrected chi connectivity index (χ0v) is 44.7. The van der Waals surface area contributed by atoms with E-state index < -0.39 is 0 Å². The zero-order valence-electron chi connectivity index (χ0n) is 43.1. The fourth-order valence-corrected chi connectivity index (χ4v) is 16.0. The van der Waals surface area contributed by atoms with Crippen molar-refractivity contribution in [3.8, 4) is 22.3 Å². The van der Waals surface area contributed by atoms with Crippen LogP contribution < -0.4 is 9.80 Å². The van der Waals surface area contributed by atoms with Crippen LogP contribution in [0.5, 0.6) is 0 Å². The molecule has 368 valence electrons. The van der Waals surface area contributed by atoms with Crippen molar-refractivity contribution in [1.82, 2.24) is 0 Å². The molecule has 0 bridgehead atoms. The van der Waals surface area contributed by atoms with E-state index in [-0.39, 0.29) is 10.8 Å². The van der Waals surface area contributed by atoms with E-state index in [1.54, 1.807) is 0 Å². The van der Waals surface area contributed by atoms with Gasteiger partial charge in [-0.3, -0.25) is 0 Å². The van der Waals surface area contributed by atoms with Crippen molar-refractivity contribution < 1.29 is 0 Å². The van der Waals surface area contributed by atoms with Gasteiger partial charge in [0.15, 0.2) is 0 Å². The molecule has 0 spiro atoms. The highest BCUT2D eigenvalue weighted by atomic mass is 32.1. The minimum atomic E-state index is -0.250. The normalized spacial score (nSPS) is 13.7. The van der Waals surface area contributed by atoms with Crippen molar-refractivity contribution in [3.63, 3.8) is 0 Å². The van der Waals surface area contributed by atoms with Gasteiger partial charge in [0.05, 0.1) is 0 Å². The van der Waals surface area contributed by atoms with Crippen LogP contribution in [-0.4, -0.2) is 0 Å². The van der Waals surface area contributed by atoms with Crippen LogP contribution in [0.2, 0.25) is 0 Å². The van der Waals surface area contributed by atoms with Crippen molar-refractivity contribution in [1.29, 1.82) is 0 Å². The number of fused-ring (bicyclic) bond motifs is 15. The standard InChI is InChI=1S/C74H50N2S2/c1-73(63-25-13-9-21-55(63)56-22-10-14-26-64(56)73)47-29-33-51(34-30-47)75(49-17-5-3-6-18-49)53-37-39-61-69(45-53)77-67-43-41-60-59(71(61)67)42-44-68-72(60)62-40-38-54(46-70(62)78-68)76(50-19-7-4-8-20-50)52-35-31-48(32-36-52)74(2)65-27-15-11-23-57(65)58-24-12-16-28-66(58)74/h3-46H,1-2H3. The van der Waals surface area contributed by atoms with Gasteiger partial charge >= 0.3 is 0 Å². The highest BCUT2D eigenvalue weighted by Gasteiger charge is 2.42. The summed E-state index contributed by atoms with van der Waals surface area (Å²) in [6.07, 6.45) is 0. The van der Waals surface area contributed by atoms with Gasteiger partial charge < -0.3 is 9.80 Å². The third kappa shape index (κ3) is 6.54. The summed E-state index contributed by atoms with van der Waals surface area (Å²) in [4.78, 5) is 4.81. The second-order valence-corrected chi connectivity index (χ2v) is 23.6. The minimum Gasteiger partial charge on any atom is -0.310 e. The molecule has 12 aromatic carbocycles. The van der Waals surface area contributed by atoms with Crippen molar-refractivity contribution in [3.05, 3.63) is 300 Å². The molecule has 0 atom stereocenters. The van der Waals surface area contributed by atoms with Crippen LogP contribution in [0.1, 0.15) is 47.2 Å². The number of benzene rings is 12. The number of hydrogen-bond donors (Lipinski definition) is 0. The number of para-hydroxylation sites is 2. The Morgan fingerprint density at radius 1 is 0.256 bits per heavy atom. The predicted molar refractivity (Wildman–Crippen MR) is 334 cm³/mol. The molecule has 0 amide bonds. The molecule has 78 heavy (non-hydrogen) atoms. The van der Waals surface area contributed by atoms with Gasteiger partial charge in [0.1, 0.15) is 0 Å². The van der Waals surface area contributed by atoms with E-state index in [2.05, 4.69) is 291 Å². The van der Waals surface area contributed by atoms with Gasteiger partial charge in [-0.2, -0.15) is 0 Å². The van der Waals surface area contributed by atoms with Gasteiger partial charge in [-0.05, 0) is 165 Å². The molecule has 0 radical (unpaired) electrons. The van der Waals surface area contributed by atoms with E-state index in [4.69, 9.17) is 0 Å². The van der Waals surface area contributed by atoms with Gasteiger partial charge in [-0.1, -0.05) is 182 Å². The van der Waals surface area contributed by atoms with E-state index >= 15 is 0 Å². The molecule has 0 aliphatic heterocycles. The van der Waals surface area contributed by atoms with Crippen LogP contribution in [0.4, 0.5) is 34.1 Å². The van der Waals surface area contributed by atoms with E-state index in [0.29, 0.717) is 0 Å². The first-order valence-corrected chi connectivity index (χ1v) is 28.6. The first kappa shape index (κ1) is 45.2. The van der Waals surface area contributed by atoms with E-state index in [0.717, 1.165) is 34.1 Å². The molecule has 0 unspecified atom stereocenters. The van der Waals surface area contributed by atoms with E-state index in [1.807, 2.05) is 22.7 Å². The summed E-state index contributed by atoms with van der Waals surface area (Å²) in [7, 11) is 0. The summed E-state index contributed by atoms with van der Waals surface area (Å²) < 4.78 is 5.16. The number of rotatable bonds is 8. The summed E-state index contributed by atoms with van der Waals surface area (Å²) in [5.41, 5.74) is 19.6. The van der Waals surface area contributed by atoms with Crippen LogP contribution in [0.25, 0.3) is 73.4 Å². The average molecular weight is 1030 g/mol. The lowest BCUT2D eigenvalue weighted by Crippen LogP contribution is -2.22. The summed E-state index contributed by atoms with van der Waals surface area (Å²) >= 11 is 3.78. The molecule has 0 saturated heterocycles. The first-order chi connectivity index (χ1) is 38.4. The Balaban J connectivity index is 0.765. The quantitative estimate of drug-likeness (QED) is 0.150. The van der Waals surface area contributed by atoms with Gasteiger partial charge in [0.25, 0.3) is 0 Å². The van der Waals surface area contributed by atoms with Crippen molar-refractivity contribution >= 4 is 108 Å². The van der Waals surface area contributed by atoms with Crippen LogP contribution in [0.15, 0.2) is 267 Å². The maximum absolute atomic E-state index is 2.41. The zero-order chi connectivity index (χ0) is 51.7. The number of nitrogens with zero attached hydrogens (tertiary/aromatic N) is 2. The summed E-state index contributed by atoms with van der Waals surface area (Å²) in [5, 5.41) is 7.84. The van der Waals surface area contributed by atoms with Crippen LogP contribution in [0, 0.1) is 0 Å². The number of hydrogen-bond acceptors (Lipinski definition) is 4. The Bertz CT molecular complexity index is 4310. The fourth-order valence-electron chi connectivity index (χ4n) is 13.7. The van der Waals surface area contributed by atoms with E-state index in [9.17, 15) is 0 Å². The Labute approximate surface area is 462 Å². The molecular formula is C74H50N2S2. The highest BCUT2D eigenvalue weighted by Crippen LogP contribution is 2.55. The molecule has 14 aromatic rings. The molecule has 0 N–H and O–H groups in total. The maximum atomic E-state index is 2.41. The van der Waals surface area contributed by atoms with Gasteiger partial charge in [-0.15, -0.1) is 22.7 Å². The van der Waals surface area contributed by atoms with Crippen molar-refractivity contribution in [2.24, 2.45) is 0 Å². The molecule has 4 heteroatoms. The first-order valence-electron chi connectivity index (χ1n) is 27.0. The van der Waals surface area contributed by atoms with Gasteiger partial charge in [-0.25, -0.2) is 0 Å². The Morgan fingerprint density at radius 2 is 0.551 bits per heavy atom. The minimum absolute atomic E-state index is 0.250. The lowest BCUT2D eigenvalue weighted by molar-refractivity contribution is 0.714. The Morgan fingerprint density at radius 3 is 0.910 bits per heavy atom. The number of anilines is 6. The second-order valence-electron chi connectivity index (χ2n) is 21.4. The lowest BCUT2D eigenvalue weighted by Gasteiger charge is -2.30. The Hall–Kier alpha value is -9.06. The average Bonchev–Trinajstić information content (AvgIpc) is 4.42. The number of thiophene rings is 2. The van der Waals surface area contributed by atoms with Gasteiger partial charge in [0.2, 0.25) is 0 Å². The second kappa shape index (κ2) is 17.2. The topological polar surface area (TPSA) is 6.48 Å². The monoisotopic (exact) mass is 1030 g/mol. The third-order valence-corrected chi connectivity index (χ3v) is 19.7. The lowest BCUT2D eigenvalue weighted by atomic mass is 9.74. The van der Waals surface area contributed by atoms with Crippen LogP contribution in [0.3, 0.4) is 0 Å². The molecule has 0 saturated carbocycles. The molecule has 2 nitrogen and oxygen atoms in total. The van der Waals surface area contributed by atoms with Crippen LogP contribution in [-0.2, 0) is 10.8 Å². The molecule has 16 rings (SSSR count). The van der Waals surface area contributed by atoms with Gasteiger partial charge in [0, 0.05) is 85.3 Å². The highest BCUT2D eigenvalue weighted by molar-refractivity contribution is 7.26. The Kier molecular flexibility index (Phi) is 9.97. The SMILES string of the molecule is CC1(c2ccc(N(c3ccccc3)c3ccc4c(c3)sc3ccc5c(ccc6sc7cc(N(c8ccccc8)c8ccc(C9(C)c%10ccccc%10-c%10ccccc%109)cc8)ccc7c65)c34)cc2)c2ccccc2-c2ccccc21. The molecule has 2 aliphatic carbocycles. The molecule has 0 fully saturated rings. The molecule has 2 heterocycles. The largest absolute Gasteiger partial charge is 0.310 e.